The third-order valence-electron chi connectivity index (χ3n) is 2.60. The van der Waals surface area contributed by atoms with Crippen LogP contribution in [0.2, 0.25) is 0 Å². The summed E-state index contributed by atoms with van der Waals surface area (Å²) in [5.41, 5.74) is 7.02. The summed E-state index contributed by atoms with van der Waals surface area (Å²) in [6.45, 7) is 4.62. The Labute approximate surface area is 90.9 Å². The van der Waals surface area contributed by atoms with Gasteiger partial charge in [0.05, 0.1) is 5.69 Å². The van der Waals surface area contributed by atoms with E-state index in [9.17, 15) is 4.39 Å². The van der Waals surface area contributed by atoms with Crippen LogP contribution in [-0.4, -0.2) is 19.6 Å². The van der Waals surface area contributed by atoms with E-state index in [0.29, 0.717) is 18.3 Å². The molecule has 15 heavy (non-hydrogen) atoms. The van der Waals surface area contributed by atoms with Crippen molar-refractivity contribution in [2.75, 3.05) is 18.5 Å². The Morgan fingerprint density at radius 1 is 1.40 bits per heavy atom. The summed E-state index contributed by atoms with van der Waals surface area (Å²) in [6, 6.07) is 5.62. The first-order chi connectivity index (χ1) is 7.06. The Bertz CT molecular complexity index is 323. The molecule has 0 radical (unpaired) electrons. The molecule has 2 N–H and O–H groups in total. The van der Waals surface area contributed by atoms with Crippen LogP contribution < -0.4 is 10.6 Å². The summed E-state index contributed by atoms with van der Waals surface area (Å²) in [5.74, 6) is -0.169. The fourth-order valence-corrected chi connectivity index (χ4v) is 1.44. The lowest BCUT2D eigenvalue weighted by Crippen LogP contribution is -2.26. The van der Waals surface area contributed by atoms with Gasteiger partial charge in [-0.05, 0) is 44.5 Å². The van der Waals surface area contributed by atoms with Crippen LogP contribution in [0.4, 0.5) is 10.1 Å². The monoisotopic (exact) mass is 210 g/mol. The summed E-state index contributed by atoms with van der Waals surface area (Å²) in [4.78, 5) is 1.92. The minimum absolute atomic E-state index is 0.169. The molecule has 0 aliphatic heterocycles. The van der Waals surface area contributed by atoms with Crippen LogP contribution in [0, 0.1) is 5.82 Å². The first-order valence-corrected chi connectivity index (χ1v) is 5.27. The molecule has 0 spiro atoms. The minimum atomic E-state index is -0.169. The summed E-state index contributed by atoms with van der Waals surface area (Å²) in [7, 11) is 1.89. The Hall–Kier alpha value is -1.09. The highest BCUT2D eigenvalue weighted by Crippen LogP contribution is 2.21. The molecule has 1 aromatic carbocycles. The molecule has 0 unspecified atom stereocenters. The fourth-order valence-electron chi connectivity index (χ4n) is 1.44. The highest BCUT2D eigenvalue weighted by atomic mass is 19.1. The highest BCUT2D eigenvalue weighted by Gasteiger charge is 2.10. The van der Waals surface area contributed by atoms with Crippen molar-refractivity contribution in [3.63, 3.8) is 0 Å². The Morgan fingerprint density at radius 3 is 2.53 bits per heavy atom. The molecule has 84 valence electrons. The molecule has 1 rings (SSSR count). The smallest absolute Gasteiger partial charge is 0.146 e. The SMILES string of the molecule is CC(C)N(C)c1ccc(CCN)cc1F. The normalized spacial score (nSPS) is 10.8. The molecule has 0 saturated carbocycles. The van der Waals surface area contributed by atoms with Crippen molar-refractivity contribution in [3.8, 4) is 0 Å². The average Bonchev–Trinajstić information content (AvgIpc) is 2.17. The molecule has 0 saturated heterocycles. The molecule has 3 heteroatoms. The minimum Gasteiger partial charge on any atom is -0.370 e. The highest BCUT2D eigenvalue weighted by molar-refractivity contribution is 5.49. The number of anilines is 1. The Balaban J connectivity index is 2.92. The molecule has 0 fully saturated rings. The maximum Gasteiger partial charge on any atom is 0.146 e. The van der Waals surface area contributed by atoms with E-state index in [0.717, 1.165) is 12.0 Å². The Kier molecular flexibility index (Phi) is 4.09. The summed E-state index contributed by atoms with van der Waals surface area (Å²) < 4.78 is 13.7. The first kappa shape index (κ1) is 12.0. The Morgan fingerprint density at radius 2 is 2.07 bits per heavy atom. The number of nitrogens with zero attached hydrogens (tertiary/aromatic N) is 1. The van der Waals surface area contributed by atoms with Gasteiger partial charge in [0.25, 0.3) is 0 Å². The molecule has 0 atom stereocenters. The molecule has 0 aromatic heterocycles. The van der Waals surface area contributed by atoms with Gasteiger partial charge in [-0.1, -0.05) is 6.07 Å². The standard InChI is InChI=1S/C12H19FN2/c1-9(2)15(3)12-5-4-10(6-7-14)8-11(12)13/h4-5,8-9H,6-7,14H2,1-3H3. The zero-order chi connectivity index (χ0) is 11.4. The van der Waals surface area contributed by atoms with Gasteiger partial charge < -0.3 is 10.6 Å². The second kappa shape index (κ2) is 5.12. The van der Waals surface area contributed by atoms with Gasteiger partial charge in [-0.25, -0.2) is 4.39 Å². The quantitative estimate of drug-likeness (QED) is 0.825. The van der Waals surface area contributed by atoms with Crippen molar-refractivity contribution < 1.29 is 4.39 Å². The molecule has 0 aliphatic carbocycles. The second-order valence-corrected chi connectivity index (χ2v) is 4.03. The first-order valence-electron chi connectivity index (χ1n) is 5.27. The van der Waals surface area contributed by atoms with Crippen molar-refractivity contribution in [1.82, 2.24) is 0 Å². The maximum atomic E-state index is 13.7. The lowest BCUT2D eigenvalue weighted by molar-refractivity contribution is 0.611. The van der Waals surface area contributed by atoms with Crippen LogP contribution in [0.5, 0.6) is 0 Å². The maximum absolute atomic E-state index is 13.7. The van der Waals surface area contributed by atoms with Crippen molar-refractivity contribution in [3.05, 3.63) is 29.6 Å². The van der Waals surface area contributed by atoms with Gasteiger partial charge in [0, 0.05) is 13.1 Å². The van der Waals surface area contributed by atoms with Gasteiger partial charge in [0.2, 0.25) is 0 Å². The van der Waals surface area contributed by atoms with E-state index < -0.39 is 0 Å². The van der Waals surface area contributed by atoms with Crippen LogP contribution in [-0.2, 0) is 6.42 Å². The number of hydrogen-bond acceptors (Lipinski definition) is 2. The van der Waals surface area contributed by atoms with Crippen molar-refractivity contribution >= 4 is 5.69 Å². The largest absolute Gasteiger partial charge is 0.370 e. The molecule has 0 bridgehead atoms. The van der Waals surface area contributed by atoms with E-state index in [1.54, 1.807) is 6.07 Å². The van der Waals surface area contributed by atoms with E-state index in [2.05, 4.69) is 0 Å². The number of benzene rings is 1. The molecule has 2 nitrogen and oxygen atoms in total. The lowest BCUT2D eigenvalue weighted by atomic mass is 10.1. The van der Waals surface area contributed by atoms with Gasteiger partial charge >= 0.3 is 0 Å². The van der Waals surface area contributed by atoms with Gasteiger partial charge in [0.15, 0.2) is 0 Å². The average molecular weight is 210 g/mol. The lowest BCUT2D eigenvalue weighted by Gasteiger charge is -2.24. The topological polar surface area (TPSA) is 29.3 Å². The van der Waals surface area contributed by atoms with Crippen molar-refractivity contribution in [1.29, 1.82) is 0 Å². The van der Waals surface area contributed by atoms with Crippen LogP contribution in [0.1, 0.15) is 19.4 Å². The van der Waals surface area contributed by atoms with Crippen LogP contribution in [0.25, 0.3) is 0 Å². The van der Waals surface area contributed by atoms with E-state index >= 15 is 0 Å². The van der Waals surface area contributed by atoms with Crippen LogP contribution in [0.15, 0.2) is 18.2 Å². The third-order valence-corrected chi connectivity index (χ3v) is 2.60. The molecular formula is C12H19FN2. The third kappa shape index (κ3) is 2.93. The van der Waals surface area contributed by atoms with Gasteiger partial charge in [0.1, 0.15) is 5.82 Å². The number of rotatable bonds is 4. The fraction of sp³-hybridized carbons (Fsp3) is 0.500. The molecule has 0 heterocycles. The summed E-state index contributed by atoms with van der Waals surface area (Å²) in [6.07, 6.45) is 0.725. The van der Waals surface area contributed by atoms with E-state index in [1.165, 1.54) is 0 Å². The molecule has 1 aromatic rings. The molecular weight excluding hydrogens is 191 g/mol. The van der Waals surface area contributed by atoms with Gasteiger partial charge in [-0.3, -0.25) is 0 Å². The summed E-state index contributed by atoms with van der Waals surface area (Å²) in [5, 5.41) is 0. The zero-order valence-electron chi connectivity index (χ0n) is 9.63. The van der Waals surface area contributed by atoms with Gasteiger partial charge in [-0.15, -0.1) is 0 Å². The van der Waals surface area contributed by atoms with E-state index in [4.69, 9.17) is 5.73 Å². The number of nitrogens with two attached hydrogens (primary N) is 1. The molecule has 0 aliphatic rings. The van der Waals surface area contributed by atoms with Crippen molar-refractivity contribution in [2.45, 2.75) is 26.3 Å². The van der Waals surface area contributed by atoms with Gasteiger partial charge in [-0.2, -0.15) is 0 Å². The van der Waals surface area contributed by atoms with E-state index in [1.807, 2.05) is 37.9 Å². The van der Waals surface area contributed by atoms with Crippen LogP contribution >= 0.6 is 0 Å². The van der Waals surface area contributed by atoms with Crippen molar-refractivity contribution in [2.24, 2.45) is 5.73 Å². The van der Waals surface area contributed by atoms with E-state index in [-0.39, 0.29) is 5.82 Å². The predicted octanol–water partition coefficient (Wildman–Crippen LogP) is 2.17. The predicted molar refractivity (Wildman–Crippen MR) is 62.7 cm³/mol. The summed E-state index contributed by atoms with van der Waals surface area (Å²) >= 11 is 0. The zero-order valence-corrected chi connectivity index (χ0v) is 9.63. The second-order valence-electron chi connectivity index (χ2n) is 4.03. The molecule has 0 amide bonds. The number of halogens is 1. The number of hydrogen-bond donors (Lipinski definition) is 1. The van der Waals surface area contributed by atoms with Crippen LogP contribution in [0.3, 0.4) is 0 Å².